The molecule has 104 valence electrons. The molecule has 7 heteroatoms. The van der Waals surface area contributed by atoms with Crippen molar-refractivity contribution in [1.29, 1.82) is 0 Å². The zero-order valence-corrected chi connectivity index (χ0v) is 10.3. The van der Waals surface area contributed by atoms with Gasteiger partial charge in [0, 0.05) is 12.1 Å². The number of rotatable bonds is 3. The molecule has 0 atom stereocenters. The Morgan fingerprint density at radius 3 is 2.50 bits per heavy atom. The van der Waals surface area contributed by atoms with Crippen molar-refractivity contribution in [2.75, 3.05) is 11.4 Å². The number of halogens is 2. The molecule has 2 rings (SSSR count). The Morgan fingerprint density at radius 1 is 1.30 bits per heavy atom. The summed E-state index contributed by atoms with van der Waals surface area (Å²) in [4.78, 5) is 34.7. The number of Topliss-reactive ketones (excluding diaryl/α,β-unsaturated/α-hetero) is 1. The lowest BCUT2D eigenvalue weighted by Gasteiger charge is -2.15. The lowest BCUT2D eigenvalue weighted by molar-refractivity contribution is -0.132. The Hall–Kier alpha value is -2.57. The second kappa shape index (κ2) is 4.84. The van der Waals surface area contributed by atoms with Crippen molar-refractivity contribution in [2.45, 2.75) is 6.92 Å². The maximum absolute atomic E-state index is 13.7. The van der Waals surface area contributed by atoms with Crippen molar-refractivity contribution in [2.24, 2.45) is 0 Å². The number of carboxylic acids is 1. The standard InChI is InChI=1S/C13H9F2NO4/c1-6(13(19)20)4-5-16-10-8(15)3-2-7(14)9(10)11(17)12(16)18/h2-4H,5H2,1H3,(H,19,20)/b6-4-. The normalized spacial score (nSPS) is 14.8. The topological polar surface area (TPSA) is 74.7 Å². The van der Waals surface area contributed by atoms with E-state index >= 15 is 0 Å². The number of carbonyl (C=O) groups excluding carboxylic acids is 2. The molecular weight excluding hydrogens is 272 g/mol. The van der Waals surface area contributed by atoms with Crippen LogP contribution in [0.1, 0.15) is 17.3 Å². The van der Waals surface area contributed by atoms with E-state index in [1.165, 1.54) is 6.92 Å². The van der Waals surface area contributed by atoms with E-state index in [1.54, 1.807) is 0 Å². The first-order valence-corrected chi connectivity index (χ1v) is 5.58. The average molecular weight is 281 g/mol. The quantitative estimate of drug-likeness (QED) is 0.673. The van der Waals surface area contributed by atoms with E-state index in [9.17, 15) is 23.2 Å². The third kappa shape index (κ3) is 2.07. The van der Waals surface area contributed by atoms with Gasteiger partial charge in [-0.25, -0.2) is 13.6 Å². The van der Waals surface area contributed by atoms with E-state index in [1.807, 2.05) is 0 Å². The molecule has 1 aromatic rings. The molecule has 1 aliphatic rings. The largest absolute Gasteiger partial charge is 0.478 e. The van der Waals surface area contributed by atoms with Crippen LogP contribution in [0.25, 0.3) is 0 Å². The first-order valence-electron chi connectivity index (χ1n) is 5.58. The summed E-state index contributed by atoms with van der Waals surface area (Å²) in [6.07, 6.45) is 1.15. The van der Waals surface area contributed by atoms with E-state index in [2.05, 4.69) is 0 Å². The highest BCUT2D eigenvalue weighted by Crippen LogP contribution is 2.33. The highest BCUT2D eigenvalue weighted by Gasteiger charge is 2.40. The van der Waals surface area contributed by atoms with Crippen LogP contribution in [-0.2, 0) is 9.59 Å². The van der Waals surface area contributed by atoms with Crippen LogP contribution in [0.3, 0.4) is 0 Å². The number of hydrogen-bond donors (Lipinski definition) is 1. The van der Waals surface area contributed by atoms with Gasteiger partial charge in [0.25, 0.3) is 11.7 Å². The van der Waals surface area contributed by atoms with Gasteiger partial charge in [0.15, 0.2) is 0 Å². The Kier molecular flexibility index (Phi) is 3.35. The van der Waals surface area contributed by atoms with Gasteiger partial charge in [-0.2, -0.15) is 0 Å². The van der Waals surface area contributed by atoms with Crippen LogP contribution in [-0.4, -0.2) is 29.3 Å². The van der Waals surface area contributed by atoms with Crippen molar-refractivity contribution in [3.8, 4) is 0 Å². The summed E-state index contributed by atoms with van der Waals surface area (Å²) in [6, 6.07) is 1.57. The molecule has 0 unspecified atom stereocenters. The summed E-state index contributed by atoms with van der Waals surface area (Å²) in [5.41, 5.74) is -1.14. The van der Waals surface area contributed by atoms with Gasteiger partial charge in [-0.15, -0.1) is 0 Å². The van der Waals surface area contributed by atoms with Crippen LogP contribution in [0, 0.1) is 11.6 Å². The molecule has 1 amide bonds. The van der Waals surface area contributed by atoms with E-state index in [-0.39, 0.29) is 12.1 Å². The average Bonchev–Trinajstić information content (AvgIpc) is 2.65. The molecule has 1 aromatic carbocycles. The molecule has 0 saturated carbocycles. The maximum atomic E-state index is 13.7. The van der Waals surface area contributed by atoms with Crippen molar-refractivity contribution < 1.29 is 28.3 Å². The number of hydrogen-bond acceptors (Lipinski definition) is 3. The van der Waals surface area contributed by atoms with Crippen LogP contribution in [0.15, 0.2) is 23.8 Å². The van der Waals surface area contributed by atoms with Gasteiger partial charge in [-0.05, 0) is 19.1 Å². The summed E-state index contributed by atoms with van der Waals surface area (Å²) < 4.78 is 27.2. The van der Waals surface area contributed by atoms with E-state index < -0.39 is 40.5 Å². The van der Waals surface area contributed by atoms with E-state index in [0.29, 0.717) is 0 Å². The summed E-state index contributed by atoms with van der Waals surface area (Å²) in [5.74, 6) is -5.33. The highest BCUT2D eigenvalue weighted by atomic mass is 19.1. The zero-order chi connectivity index (χ0) is 15.0. The first-order chi connectivity index (χ1) is 9.34. The molecule has 0 saturated heterocycles. The molecule has 1 aliphatic heterocycles. The summed E-state index contributed by atoms with van der Waals surface area (Å²) in [7, 11) is 0. The number of amides is 1. The molecule has 20 heavy (non-hydrogen) atoms. The number of nitrogens with zero attached hydrogens (tertiary/aromatic N) is 1. The number of carboxylic acid groups (broad SMARTS) is 1. The van der Waals surface area contributed by atoms with Gasteiger partial charge in [-0.3, -0.25) is 14.5 Å². The Balaban J connectivity index is 2.46. The molecule has 5 nitrogen and oxygen atoms in total. The van der Waals surface area contributed by atoms with Crippen LogP contribution in [0.4, 0.5) is 14.5 Å². The van der Waals surface area contributed by atoms with Crippen LogP contribution >= 0.6 is 0 Å². The lowest BCUT2D eigenvalue weighted by Crippen LogP contribution is -2.30. The van der Waals surface area contributed by atoms with Crippen LogP contribution < -0.4 is 4.90 Å². The minimum absolute atomic E-state index is 0.0736. The molecule has 0 aromatic heterocycles. The Labute approximate surface area is 112 Å². The summed E-state index contributed by atoms with van der Waals surface area (Å²) >= 11 is 0. The number of aliphatic carboxylic acids is 1. The predicted molar refractivity (Wildman–Crippen MR) is 64.4 cm³/mol. The van der Waals surface area contributed by atoms with E-state index in [4.69, 9.17) is 5.11 Å². The SMILES string of the molecule is C/C(=C/CN1C(=O)C(=O)c2c(F)ccc(F)c21)C(=O)O. The van der Waals surface area contributed by atoms with Crippen LogP contribution in [0.2, 0.25) is 0 Å². The summed E-state index contributed by atoms with van der Waals surface area (Å²) in [6.45, 7) is 0.962. The smallest absolute Gasteiger partial charge is 0.331 e. The molecule has 1 heterocycles. The number of carbonyl (C=O) groups is 3. The third-order valence-corrected chi connectivity index (χ3v) is 2.93. The van der Waals surface area contributed by atoms with Gasteiger partial charge in [0.2, 0.25) is 0 Å². The van der Waals surface area contributed by atoms with Gasteiger partial charge in [-0.1, -0.05) is 6.08 Å². The third-order valence-electron chi connectivity index (χ3n) is 2.93. The molecule has 0 aliphatic carbocycles. The minimum atomic E-state index is -1.21. The second-order valence-corrected chi connectivity index (χ2v) is 4.19. The second-order valence-electron chi connectivity index (χ2n) is 4.19. The van der Waals surface area contributed by atoms with Gasteiger partial charge < -0.3 is 5.11 Å². The lowest BCUT2D eigenvalue weighted by atomic mass is 10.1. The predicted octanol–water partition coefficient (Wildman–Crippen LogP) is 1.53. The monoisotopic (exact) mass is 281 g/mol. The minimum Gasteiger partial charge on any atom is -0.478 e. The van der Waals surface area contributed by atoms with Gasteiger partial charge in [0.05, 0.1) is 11.3 Å². The fourth-order valence-electron chi connectivity index (χ4n) is 1.84. The molecule has 0 bridgehead atoms. The fraction of sp³-hybridized carbons (Fsp3) is 0.154. The van der Waals surface area contributed by atoms with Crippen molar-refractivity contribution in [3.63, 3.8) is 0 Å². The molecule has 0 spiro atoms. The highest BCUT2D eigenvalue weighted by molar-refractivity contribution is 6.52. The molecule has 0 fully saturated rings. The Morgan fingerprint density at radius 2 is 1.90 bits per heavy atom. The fourth-order valence-corrected chi connectivity index (χ4v) is 1.84. The zero-order valence-electron chi connectivity index (χ0n) is 10.3. The number of ketones is 1. The van der Waals surface area contributed by atoms with Crippen molar-refractivity contribution >= 4 is 23.3 Å². The molecule has 0 radical (unpaired) electrons. The maximum Gasteiger partial charge on any atom is 0.331 e. The summed E-state index contributed by atoms with van der Waals surface area (Å²) in [5, 5.41) is 8.70. The first kappa shape index (κ1) is 13.9. The number of fused-ring (bicyclic) bond motifs is 1. The Bertz CT molecular complexity index is 667. The molecule has 1 N–H and O–H groups in total. The van der Waals surface area contributed by atoms with Gasteiger partial charge in [0.1, 0.15) is 11.6 Å². The number of benzene rings is 1. The number of anilines is 1. The van der Waals surface area contributed by atoms with Crippen molar-refractivity contribution in [3.05, 3.63) is 41.0 Å². The van der Waals surface area contributed by atoms with Crippen LogP contribution in [0.5, 0.6) is 0 Å². The van der Waals surface area contributed by atoms with Crippen molar-refractivity contribution in [1.82, 2.24) is 0 Å². The van der Waals surface area contributed by atoms with E-state index in [0.717, 1.165) is 23.1 Å². The molecular formula is C13H9F2NO4. The van der Waals surface area contributed by atoms with Gasteiger partial charge >= 0.3 is 5.97 Å².